The largest absolute Gasteiger partial charge is 0.458 e. The van der Waals surface area contributed by atoms with E-state index in [0.717, 1.165) is 24.9 Å². The van der Waals surface area contributed by atoms with Crippen molar-refractivity contribution in [2.24, 2.45) is 0 Å². The van der Waals surface area contributed by atoms with Gasteiger partial charge in [0.05, 0.1) is 19.8 Å². The smallest absolute Gasteiger partial charge is 0.374 e. The standard InChI is InChI=1S/C8H14N2O3S2/c1-2-13-8(11)15-7(14)9-10-3-5-12-6-4-10/h2-6H2,1H3,(H,9,14). The molecular weight excluding hydrogens is 236 g/mol. The van der Waals surface area contributed by atoms with Crippen LogP contribution >= 0.6 is 24.0 Å². The quantitative estimate of drug-likeness (QED) is 0.579. The second-order valence-electron chi connectivity index (χ2n) is 2.78. The number of rotatable bonds is 2. The maximum Gasteiger partial charge on any atom is 0.374 e. The van der Waals surface area contributed by atoms with Gasteiger partial charge in [-0.1, -0.05) is 12.2 Å². The number of ether oxygens (including phenoxy) is 2. The minimum atomic E-state index is -0.372. The third kappa shape index (κ3) is 5.31. The molecule has 1 rings (SSSR count). The van der Waals surface area contributed by atoms with E-state index in [1.54, 1.807) is 6.92 Å². The zero-order chi connectivity index (χ0) is 11.1. The van der Waals surface area contributed by atoms with Gasteiger partial charge in [0, 0.05) is 24.9 Å². The van der Waals surface area contributed by atoms with E-state index in [2.05, 4.69) is 5.43 Å². The minimum absolute atomic E-state index is 0.367. The molecule has 0 bridgehead atoms. The van der Waals surface area contributed by atoms with Crippen LogP contribution in [0.3, 0.4) is 0 Å². The average molecular weight is 250 g/mol. The zero-order valence-electron chi connectivity index (χ0n) is 8.52. The first kappa shape index (κ1) is 12.7. The van der Waals surface area contributed by atoms with Crippen molar-refractivity contribution in [2.45, 2.75) is 6.92 Å². The lowest BCUT2D eigenvalue weighted by atomic mass is 10.5. The summed E-state index contributed by atoms with van der Waals surface area (Å²) in [6.45, 7) is 5.02. The fourth-order valence-corrected chi connectivity index (χ4v) is 1.89. The number of nitrogens with zero attached hydrogens (tertiary/aromatic N) is 1. The topological polar surface area (TPSA) is 50.8 Å². The lowest BCUT2D eigenvalue weighted by Crippen LogP contribution is -2.47. The van der Waals surface area contributed by atoms with Crippen LogP contribution in [0.4, 0.5) is 4.79 Å². The molecule has 1 N–H and O–H groups in total. The van der Waals surface area contributed by atoms with Gasteiger partial charge in [0.15, 0.2) is 4.32 Å². The second kappa shape index (κ2) is 7.00. The summed E-state index contributed by atoms with van der Waals surface area (Å²) in [5.74, 6) is 0. The summed E-state index contributed by atoms with van der Waals surface area (Å²) in [5.41, 5.74) is 2.96. The Hall–Kier alpha value is -0.370. The third-order valence-corrected chi connectivity index (χ3v) is 2.60. The third-order valence-electron chi connectivity index (χ3n) is 1.70. The summed E-state index contributed by atoms with van der Waals surface area (Å²) in [6.07, 6.45) is 0. The van der Waals surface area contributed by atoms with Crippen LogP contribution in [-0.2, 0) is 9.47 Å². The van der Waals surface area contributed by atoms with E-state index < -0.39 is 0 Å². The van der Waals surface area contributed by atoms with Crippen LogP contribution in [0, 0.1) is 0 Å². The number of thiocarbonyl (C=S) groups is 1. The van der Waals surface area contributed by atoms with Gasteiger partial charge in [0.25, 0.3) is 0 Å². The van der Waals surface area contributed by atoms with E-state index in [-0.39, 0.29) is 5.30 Å². The normalized spacial score (nSPS) is 17.1. The molecular formula is C8H14N2O3S2. The molecule has 0 spiro atoms. The van der Waals surface area contributed by atoms with Gasteiger partial charge < -0.3 is 14.9 Å². The second-order valence-corrected chi connectivity index (χ2v) is 4.40. The molecule has 0 aromatic carbocycles. The molecule has 86 valence electrons. The van der Waals surface area contributed by atoms with Crippen molar-refractivity contribution in [3.63, 3.8) is 0 Å². The molecule has 0 unspecified atom stereocenters. The number of nitrogens with one attached hydrogen (secondary N) is 1. The van der Waals surface area contributed by atoms with E-state index in [9.17, 15) is 4.79 Å². The Kier molecular flexibility index (Phi) is 5.92. The van der Waals surface area contributed by atoms with Crippen molar-refractivity contribution in [1.82, 2.24) is 10.4 Å². The van der Waals surface area contributed by atoms with Gasteiger partial charge in [-0.2, -0.15) is 0 Å². The first-order valence-electron chi connectivity index (χ1n) is 4.70. The number of thioether (sulfide) groups is 1. The van der Waals surface area contributed by atoms with Gasteiger partial charge in [0.1, 0.15) is 0 Å². The lowest BCUT2D eigenvalue weighted by Gasteiger charge is -2.27. The Morgan fingerprint density at radius 3 is 2.87 bits per heavy atom. The highest BCUT2D eigenvalue weighted by Gasteiger charge is 2.13. The Morgan fingerprint density at radius 2 is 2.27 bits per heavy atom. The van der Waals surface area contributed by atoms with Crippen LogP contribution in [0.25, 0.3) is 0 Å². The highest BCUT2D eigenvalue weighted by molar-refractivity contribution is 8.32. The number of morpholine rings is 1. The average Bonchev–Trinajstić information content (AvgIpc) is 2.19. The first-order chi connectivity index (χ1) is 7.22. The van der Waals surface area contributed by atoms with E-state index in [1.807, 2.05) is 5.01 Å². The predicted molar refractivity (Wildman–Crippen MR) is 62.7 cm³/mol. The molecule has 5 nitrogen and oxygen atoms in total. The first-order valence-corrected chi connectivity index (χ1v) is 5.92. The summed E-state index contributed by atoms with van der Waals surface area (Å²) in [6, 6.07) is 0. The highest BCUT2D eigenvalue weighted by atomic mass is 32.2. The van der Waals surface area contributed by atoms with Gasteiger partial charge in [-0.25, -0.2) is 9.80 Å². The maximum atomic E-state index is 11.1. The number of carbonyl (C=O) groups excluding carboxylic acids is 1. The Bertz CT molecular complexity index is 232. The van der Waals surface area contributed by atoms with E-state index in [0.29, 0.717) is 24.1 Å². The molecule has 1 saturated heterocycles. The van der Waals surface area contributed by atoms with Gasteiger partial charge in [-0.15, -0.1) is 0 Å². The molecule has 0 aromatic heterocycles. The van der Waals surface area contributed by atoms with Crippen LogP contribution in [0.1, 0.15) is 6.92 Å². The van der Waals surface area contributed by atoms with Gasteiger partial charge >= 0.3 is 5.30 Å². The number of hydrogen-bond donors (Lipinski definition) is 1. The summed E-state index contributed by atoms with van der Waals surface area (Å²) >= 11 is 5.89. The van der Waals surface area contributed by atoms with Crippen molar-refractivity contribution >= 4 is 33.6 Å². The molecule has 0 aliphatic carbocycles. The molecule has 7 heteroatoms. The van der Waals surface area contributed by atoms with Gasteiger partial charge in [-0.05, 0) is 6.92 Å². The molecule has 1 fully saturated rings. The highest BCUT2D eigenvalue weighted by Crippen LogP contribution is 2.07. The molecule has 0 radical (unpaired) electrons. The number of carbonyl (C=O) groups is 1. The molecule has 0 atom stereocenters. The summed E-state index contributed by atoms with van der Waals surface area (Å²) < 4.78 is 10.3. The van der Waals surface area contributed by atoms with Crippen LogP contribution in [0.2, 0.25) is 0 Å². The fourth-order valence-electron chi connectivity index (χ4n) is 1.05. The van der Waals surface area contributed by atoms with Crippen molar-refractivity contribution in [1.29, 1.82) is 0 Å². The summed E-state index contributed by atoms with van der Waals surface area (Å²) in [4.78, 5) is 11.1. The minimum Gasteiger partial charge on any atom is -0.458 e. The van der Waals surface area contributed by atoms with Crippen LogP contribution in [-0.4, -0.2) is 47.5 Å². The van der Waals surface area contributed by atoms with Crippen molar-refractivity contribution < 1.29 is 14.3 Å². The molecule has 0 amide bonds. The molecule has 1 aliphatic heterocycles. The summed E-state index contributed by atoms with van der Waals surface area (Å²) in [7, 11) is 0. The van der Waals surface area contributed by atoms with E-state index in [4.69, 9.17) is 21.7 Å². The maximum absolute atomic E-state index is 11.1. The SMILES string of the molecule is CCOC(=O)SC(=S)NN1CCOCC1. The van der Waals surface area contributed by atoms with Crippen LogP contribution in [0.15, 0.2) is 0 Å². The van der Waals surface area contributed by atoms with E-state index in [1.165, 1.54) is 0 Å². The molecule has 1 aliphatic rings. The van der Waals surface area contributed by atoms with Crippen molar-refractivity contribution in [3.05, 3.63) is 0 Å². The molecule has 0 saturated carbocycles. The van der Waals surface area contributed by atoms with Crippen LogP contribution in [0.5, 0.6) is 0 Å². The number of hydrazine groups is 1. The molecule has 1 heterocycles. The monoisotopic (exact) mass is 250 g/mol. The van der Waals surface area contributed by atoms with Gasteiger partial charge in [-0.3, -0.25) is 0 Å². The fraction of sp³-hybridized carbons (Fsp3) is 0.750. The van der Waals surface area contributed by atoms with Crippen molar-refractivity contribution in [3.8, 4) is 0 Å². The predicted octanol–water partition coefficient (Wildman–Crippen LogP) is 0.998. The summed E-state index contributed by atoms with van der Waals surface area (Å²) in [5, 5.41) is 1.56. The lowest BCUT2D eigenvalue weighted by molar-refractivity contribution is 0.0257. The van der Waals surface area contributed by atoms with Crippen molar-refractivity contribution in [2.75, 3.05) is 32.9 Å². The zero-order valence-corrected chi connectivity index (χ0v) is 10.2. The van der Waals surface area contributed by atoms with Gasteiger partial charge in [0.2, 0.25) is 0 Å². The molecule has 15 heavy (non-hydrogen) atoms. The Labute approximate surface area is 98.4 Å². The van der Waals surface area contributed by atoms with Crippen LogP contribution < -0.4 is 5.43 Å². The Morgan fingerprint density at radius 1 is 1.60 bits per heavy atom. The molecule has 0 aromatic rings. The number of hydrogen-bond acceptors (Lipinski definition) is 6. The van der Waals surface area contributed by atoms with E-state index >= 15 is 0 Å². The Balaban J connectivity index is 2.19.